The van der Waals surface area contributed by atoms with Gasteiger partial charge < -0.3 is 4.74 Å². The Morgan fingerprint density at radius 3 is 2.81 bits per heavy atom. The third kappa shape index (κ3) is 3.42. The van der Waals surface area contributed by atoms with Gasteiger partial charge in [-0.1, -0.05) is 6.07 Å². The zero-order valence-corrected chi connectivity index (χ0v) is 18.5. The predicted molar refractivity (Wildman–Crippen MR) is 122 cm³/mol. The van der Waals surface area contributed by atoms with Crippen LogP contribution < -0.4 is 4.74 Å². The molecular weight excluding hydrogens is 390 g/mol. The average Bonchev–Trinajstić information content (AvgIpc) is 3.36. The maximum atomic E-state index is 6.38. The van der Waals surface area contributed by atoms with Crippen molar-refractivity contribution in [2.24, 2.45) is 14.1 Å². The van der Waals surface area contributed by atoms with Crippen molar-refractivity contribution in [2.75, 3.05) is 13.6 Å². The first-order valence-corrected chi connectivity index (χ1v) is 10.5. The highest BCUT2D eigenvalue weighted by atomic mass is 16.5. The number of aryl methyl sites for hydroxylation is 3. The van der Waals surface area contributed by atoms with Gasteiger partial charge in [0.2, 0.25) is 5.88 Å². The third-order valence-corrected chi connectivity index (χ3v) is 5.89. The number of rotatable bonds is 0. The summed E-state index contributed by atoms with van der Waals surface area (Å²) in [5, 5.41) is 17.8. The van der Waals surface area contributed by atoms with E-state index in [0.717, 1.165) is 58.1 Å². The monoisotopic (exact) mass is 417 g/mol. The van der Waals surface area contributed by atoms with Crippen molar-refractivity contribution in [2.45, 2.75) is 26.5 Å². The first-order chi connectivity index (χ1) is 14.9. The molecule has 0 amide bonds. The molecule has 1 aliphatic heterocycles. The van der Waals surface area contributed by atoms with E-state index in [1.807, 2.05) is 31.0 Å². The zero-order valence-electron chi connectivity index (χ0n) is 18.5. The average molecular weight is 418 g/mol. The number of aromatic amines is 1. The Morgan fingerprint density at radius 2 is 1.97 bits per heavy atom. The second-order valence-corrected chi connectivity index (χ2v) is 8.39. The Balaban J connectivity index is 1.70. The highest BCUT2D eigenvalue weighted by molar-refractivity contribution is 5.92. The van der Waals surface area contributed by atoms with Gasteiger partial charge in [-0.2, -0.15) is 15.3 Å². The number of fused-ring (bicyclic) bond motifs is 4. The number of aromatic nitrogens is 6. The van der Waals surface area contributed by atoms with Gasteiger partial charge in [-0.15, -0.1) is 0 Å². The van der Waals surface area contributed by atoms with Gasteiger partial charge in [-0.05, 0) is 50.7 Å². The maximum Gasteiger partial charge on any atom is 0.219 e. The lowest BCUT2D eigenvalue weighted by Crippen LogP contribution is -2.31. The van der Waals surface area contributed by atoms with Crippen LogP contribution in [0.3, 0.4) is 0 Å². The molecule has 0 unspecified atom stereocenters. The van der Waals surface area contributed by atoms with Crippen LogP contribution in [-0.2, 0) is 20.6 Å². The van der Waals surface area contributed by atoms with E-state index in [0.29, 0.717) is 0 Å². The van der Waals surface area contributed by atoms with Crippen molar-refractivity contribution in [3.8, 4) is 17.0 Å². The largest absolute Gasteiger partial charge is 0.473 e. The standard InChI is InChI=1S/C23H27N7O/c1-14-12-28(3)13-19-15(2)27-29(4)22(19)9-8-21-17-10-16(6-7-20(17)25-26-21)18-11-24-30(5)23(18)31-14/h6-11,14H,12-13H2,1-5H3,(H,25,26)/t14-/m0/s1. The number of benzene rings is 1. The molecule has 0 spiro atoms. The molecule has 0 fully saturated rings. The number of likely N-dealkylation sites (N-methyl/N-ethyl adjacent to an activating group) is 1. The van der Waals surface area contributed by atoms with Crippen LogP contribution in [0.4, 0.5) is 0 Å². The molecule has 0 radical (unpaired) electrons. The molecular formula is C23H27N7O. The molecule has 1 N–H and O–H groups in total. The first kappa shape index (κ1) is 19.6. The Kier molecular flexibility index (Phi) is 4.66. The molecule has 1 aromatic carbocycles. The van der Waals surface area contributed by atoms with Gasteiger partial charge in [-0.25, -0.2) is 4.68 Å². The molecule has 4 heterocycles. The Bertz CT molecular complexity index is 1290. The van der Waals surface area contributed by atoms with Crippen LogP contribution in [0.25, 0.3) is 34.2 Å². The van der Waals surface area contributed by atoms with E-state index in [4.69, 9.17) is 4.74 Å². The Labute approximate surface area is 181 Å². The summed E-state index contributed by atoms with van der Waals surface area (Å²) in [6.45, 7) is 5.73. The normalized spacial score (nSPS) is 17.3. The summed E-state index contributed by atoms with van der Waals surface area (Å²) >= 11 is 0. The number of hydrogen-bond donors (Lipinski definition) is 1. The molecule has 8 nitrogen and oxygen atoms in total. The minimum atomic E-state index is -0.00605. The van der Waals surface area contributed by atoms with Crippen LogP contribution >= 0.6 is 0 Å². The topological polar surface area (TPSA) is 76.8 Å². The van der Waals surface area contributed by atoms with Gasteiger partial charge in [0.25, 0.3) is 0 Å². The first-order valence-electron chi connectivity index (χ1n) is 10.5. The summed E-state index contributed by atoms with van der Waals surface area (Å²) in [5.41, 5.74) is 7.27. The van der Waals surface area contributed by atoms with Gasteiger partial charge in [0.05, 0.1) is 34.4 Å². The maximum absolute atomic E-state index is 6.38. The highest BCUT2D eigenvalue weighted by Gasteiger charge is 2.20. The van der Waals surface area contributed by atoms with Crippen LogP contribution in [0.15, 0.2) is 24.4 Å². The highest BCUT2D eigenvalue weighted by Crippen LogP contribution is 2.33. The summed E-state index contributed by atoms with van der Waals surface area (Å²) in [6, 6.07) is 6.25. The van der Waals surface area contributed by atoms with Crippen LogP contribution in [0.1, 0.15) is 29.6 Å². The predicted octanol–water partition coefficient (Wildman–Crippen LogP) is 3.39. The molecule has 160 valence electrons. The van der Waals surface area contributed by atoms with Crippen molar-refractivity contribution in [3.05, 3.63) is 47.0 Å². The van der Waals surface area contributed by atoms with Crippen LogP contribution in [0.5, 0.6) is 5.88 Å². The lowest BCUT2D eigenvalue weighted by molar-refractivity contribution is 0.148. The van der Waals surface area contributed by atoms with Gasteiger partial charge in [0.15, 0.2) is 0 Å². The van der Waals surface area contributed by atoms with Gasteiger partial charge in [0.1, 0.15) is 6.10 Å². The molecule has 31 heavy (non-hydrogen) atoms. The summed E-state index contributed by atoms with van der Waals surface area (Å²) in [6.07, 6.45) is 6.07. The van der Waals surface area contributed by atoms with E-state index in [2.05, 4.69) is 70.5 Å². The van der Waals surface area contributed by atoms with E-state index in [1.165, 1.54) is 5.56 Å². The Hall–Kier alpha value is -3.39. The van der Waals surface area contributed by atoms with E-state index in [1.54, 1.807) is 4.68 Å². The fraction of sp³-hybridized carbons (Fsp3) is 0.348. The number of hydrogen-bond acceptors (Lipinski definition) is 5. The smallest absolute Gasteiger partial charge is 0.219 e. The second kappa shape index (κ2) is 7.39. The lowest BCUT2D eigenvalue weighted by atomic mass is 10.1. The van der Waals surface area contributed by atoms with Crippen molar-refractivity contribution in [3.63, 3.8) is 0 Å². The number of nitrogens with one attached hydrogen (secondary N) is 1. The molecule has 4 aromatic rings. The van der Waals surface area contributed by atoms with Crippen molar-refractivity contribution < 1.29 is 4.74 Å². The van der Waals surface area contributed by atoms with Crippen LogP contribution in [-0.4, -0.2) is 54.4 Å². The number of nitrogens with zero attached hydrogens (tertiary/aromatic N) is 6. The molecule has 1 aliphatic rings. The summed E-state index contributed by atoms with van der Waals surface area (Å²) in [5.74, 6) is 0.772. The Morgan fingerprint density at radius 1 is 1.13 bits per heavy atom. The molecule has 0 aliphatic carbocycles. The second-order valence-electron chi connectivity index (χ2n) is 8.39. The number of ether oxygens (including phenoxy) is 1. The van der Waals surface area contributed by atoms with Crippen molar-refractivity contribution in [1.29, 1.82) is 0 Å². The molecule has 0 saturated carbocycles. The zero-order chi connectivity index (χ0) is 21.7. The molecule has 2 bridgehead atoms. The van der Waals surface area contributed by atoms with E-state index >= 15 is 0 Å². The molecule has 0 saturated heterocycles. The van der Waals surface area contributed by atoms with Crippen LogP contribution in [0, 0.1) is 6.92 Å². The minimum absolute atomic E-state index is 0.00605. The quantitative estimate of drug-likeness (QED) is 0.475. The summed E-state index contributed by atoms with van der Waals surface area (Å²) in [7, 11) is 6.02. The fourth-order valence-electron chi connectivity index (χ4n) is 4.38. The number of H-pyrrole nitrogens is 1. The molecule has 1 atom stereocenters. The summed E-state index contributed by atoms with van der Waals surface area (Å²) < 4.78 is 10.1. The van der Waals surface area contributed by atoms with E-state index < -0.39 is 0 Å². The van der Waals surface area contributed by atoms with Gasteiger partial charge in [0, 0.05) is 38.1 Å². The van der Waals surface area contributed by atoms with E-state index in [-0.39, 0.29) is 6.10 Å². The molecule has 3 aromatic heterocycles. The fourth-order valence-corrected chi connectivity index (χ4v) is 4.38. The third-order valence-electron chi connectivity index (χ3n) is 5.89. The van der Waals surface area contributed by atoms with Gasteiger partial charge >= 0.3 is 0 Å². The van der Waals surface area contributed by atoms with Crippen molar-refractivity contribution >= 4 is 23.1 Å². The van der Waals surface area contributed by atoms with Crippen molar-refractivity contribution in [1.82, 2.24) is 34.7 Å². The lowest BCUT2D eigenvalue weighted by Gasteiger charge is -2.23. The molecule has 5 rings (SSSR count). The minimum Gasteiger partial charge on any atom is -0.473 e. The van der Waals surface area contributed by atoms with Gasteiger partial charge in [-0.3, -0.25) is 14.7 Å². The van der Waals surface area contributed by atoms with Crippen LogP contribution in [0.2, 0.25) is 0 Å². The van der Waals surface area contributed by atoms with E-state index in [9.17, 15) is 0 Å². The SMILES string of the molecule is Cc1nn(C)c2c1CN(C)C[C@H](C)Oc1c(cnn1C)-c1ccc3n[nH]c(c3c1)C=C2. The summed E-state index contributed by atoms with van der Waals surface area (Å²) in [4.78, 5) is 2.27. The molecule has 8 heteroatoms.